The van der Waals surface area contributed by atoms with E-state index < -0.39 is 17.7 Å². The van der Waals surface area contributed by atoms with E-state index >= 15 is 0 Å². The second-order valence-corrected chi connectivity index (χ2v) is 9.33. The Bertz CT molecular complexity index is 1300. The molecular formula is C28H29N3O5. The third-order valence-electron chi connectivity index (χ3n) is 6.65. The maximum Gasteiger partial charge on any atom is 0.295 e. The Morgan fingerprint density at radius 2 is 1.81 bits per heavy atom. The first-order valence-electron chi connectivity index (χ1n) is 12.2. The van der Waals surface area contributed by atoms with Gasteiger partial charge in [0.25, 0.3) is 11.7 Å². The van der Waals surface area contributed by atoms with Gasteiger partial charge in [0.05, 0.1) is 17.9 Å². The van der Waals surface area contributed by atoms with Crippen molar-refractivity contribution in [1.29, 1.82) is 0 Å². The number of ether oxygens (including phenoxy) is 2. The van der Waals surface area contributed by atoms with Crippen LogP contribution in [-0.4, -0.2) is 51.0 Å². The van der Waals surface area contributed by atoms with Gasteiger partial charge in [0.2, 0.25) is 0 Å². The van der Waals surface area contributed by atoms with Gasteiger partial charge in [-0.1, -0.05) is 38.1 Å². The normalized spacial score (nSPS) is 18.8. The second-order valence-electron chi connectivity index (χ2n) is 9.33. The minimum absolute atomic E-state index is 0.0802. The summed E-state index contributed by atoms with van der Waals surface area (Å²) in [6, 6.07) is 12.2. The number of aliphatic hydroxyl groups excluding tert-OH is 1. The predicted molar refractivity (Wildman–Crippen MR) is 134 cm³/mol. The fraction of sp³-hybridized carbons (Fsp3) is 0.321. The van der Waals surface area contributed by atoms with Gasteiger partial charge in [-0.2, -0.15) is 0 Å². The molecule has 1 amide bonds. The van der Waals surface area contributed by atoms with Crippen molar-refractivity contribution in [3.8, 4) is 11.5 Å². The Hall–Kier alpha value is -4.07. The van der Waals surface area contributed by atoms with Gasteiger partial charge in [-0.15, -0.1) is 0 Å². The van der Waals surface area contributed by atoms with Gasteiger partial charge in [0.1, 0.15) is 19.0 Å². The average Bonchev–Trinajstić information content (AvgIpc) is 3.50. The van der Waals surface area contributed by atoms with E-state index in [0.717, 1.165) is 11.1 Å². The highest BCUT2D eigenvalue weighted by atomic mass is 16.6. The van der Waals surface area contributed by atoms with E-state index in [1.807, 2.05) is 35.0 Å². The molecule has 3 aromatic rings. The van der Waals surface area contributed by atoms with E-state index in [1.165, 1.54) is 0 Å². The largest absolute Gasteiger partial charge is 0.507 e. The maximum absolute atomic E-state index is 13.3. The molecule has 8 heteroatoms. The molecule has 0 unspecified atom stereocenters. The molecular weight excluding hydrogens is 458 g/mol. The number of hydrogen-bond donors (Lipinski definition) is 1. The monoisotopic (exact) mass is 487 g/mol. The summed E-state index contributed by atoms with van der Waals surface area (Å²) in [5, 5.41) is 11.3. The third-order valence-corrected chi connectivity index (χ3v) is 6.65. The predicted octanol–water partition coefficient (Wildman–Crippen LogP) is 4.29. The summed E-state index contributed by atoms with van der Waals surface area (Å²) in [5.74, 6) is -0.101. The van der Waals surface area contributed by atoms with Crippen molar-refractivity contribution in [1.82, 2.24) is 14.5 Å². The van der Waals surface area contributed by atoms with Crippen LogP contribution in [0.3, 0.4) is 0 Å². The highest BCUT2D eigenvalue weighted by Crippen LogP contribution is 2.41. The number of Topliss-reactive ketones (excluding diaryl/α,β-unsaturated/α-hetero) is 1. The molecule has 2 aliphatic heterocycles. The molecule has 0 bridgehead atoms. The second kappa shape index (κ2) is 9.89. The van der Waals surface area contributed by atoms with Crippen LogP contribution < -0.4 is 9.47 Å². The lowest BCUT2D eigenvalue weighted by atomic mass is 9.93. The quantitative estimate of drug-likeness (QED) is 0.304. The number of likely N-dealkylation sites (tertiary alicyclic amines) is 1. The van der Waals surface area contributed by atoms with Crippen molar-refractivity contribution in [3.05, 3.63) is 83.4 Å². The zero-order valence-corrected chi connectivity index (χ0v) is 20.4. The lowest BCUT2D eigenvalue weighted by molar-refractivity contribution is -0.139. The Labute approximate surface area is 209 Å². The smallest absolute Gasteiger partial charge is 0.295 e. The maximum atomic E-state index is 13.3. The zero-order chi connectivity index (χ0) is 25.2. The van der Waals surface area contributed by atoms with Crippen LogP contribution in [0.15, 0.2) is 66.8 Å². The van der Waals surface area contributed by atoms with Gasteiger partial charge in [0, 0.05) is 31.0 Å². The molecule has 0 aliphatic carbocycles. The first kappa shape index (κ1) is 23.7. The number of imidazole rings is 1. The number of amides is 1. The van der Waals surface area contributed by atoms with Crippen LogP contribution in [0.5, 0.6) is 11.5 Å². The minimum Gasteiger partial charge on any atom is -0.507 e. The molecule has 1 fully saturated rings. The van der Waals surface area contributed by atoms with Crippen LogP contribution >= 0.6 is 0 Å². The fourth-order valence-corrected chi connectivity index (χ4v) is 4.71. The van der Waals surface area contributed by atoms with E-state index in [4.69, 9.17) is 9.47 Å². The Balaban J connectivity index is 1.53. The van der Waals surface area contributed by atoms with Crippen LogP contribution in [0.2, 0.25) is 0 Å². The number of aryl methyl sites for hydroxylation is 1. The fourth-order valence-electron chi connectivity index (χ4n) is 4.71. The number of ketones is 1. The first-order valence-corrected chi connectivity index (χ1v) is 12.2. The summed E-state index contributed by atoms with van der Waals surface area (Å²) >= 11 is 0. The summed E-state index contributed by atoms with van der Waals surface area (Å²) in [5.41, 5.74) is 2.42. The molecule has 1 atom stereocenters. The van der Waals surface area contributed by atoms with Crippen molar-refractivity contribution in [2.75, 3.05) is 19.8 Å². The molecule has 1 N–H and O–H groups in total. The van der Waals surface area contributed by atoms with Gasteiger partial charge < -0.3 is 24.0 Å². The number of carbonyl (C=O) groups excluding carboxylic acids is 2. The molecule has 8 nitrogen and oxygen atoms in total. The highest BCUT2D eigenvalue weighted by Gasteiger charge is 2.45. The molecule has 0 saturated carbocycles. The van der Waals surface area contributed by atoms with Crippen molar-refractivity contribution in [3.63, 3.8) is 0 Å². The summed E-state index contributed by atoms with van der Waals surface area (Å²) in [7, 11) is 0. The highest BCUT2D eigenvalue weighted by molar-refractivity contribution is 6.46. The number of hydrogen-bond acceptors (Lipinski definition) is 6. The van der Waals surface area contributed by atoms with Gasteiger partial charge in [-0.05, 0) is 41.7 Å². The van der Waals surface area contributed by atoms with Crippen LogP contribution in [0.1, 0.15) is 48.9 Å². The number of fused-ring (bicyclic) bond motifs is 1. The van der Waals surface area contributed by atoms with Gasteiger partial charge in [-0.25, -0.2) is 4.98 Å². The number of benzene rings is 2. The lowest BCUT2D eigenvalue weighted by Gasteiger charge is -2.26. The van der Waals surface area contributed by atoms with Crippen molar-refractivity contribution >= 4 is 17.4 Å². The molecule has 5 rings (SSSR count). The standard InChI is InChI=1S/C28H29N3O5/c1-18(2)19-4-6-20(7-5-19)25-24(26(32)21-8-9-22-23(16-21)36-15-14-35-22)27(33)28(34)31(25)12-3-11-30-13-10-29-17-30/h4-10,13,16-18,25,32H,3,11-12,14-15H2,1-2H3/t25-/m0/s1. The SMILES string of the molecule is CC(C)c1ccc([C@H]2C(=C(O)c3ccc4c(c3)OCCO4)C(=O)C(=O)N2CCCn2ccnc2)cc1. The average molecular weight is 488 g/mol. The lowest BCUT2D eigenvalue weighted by Crippen LogP contribution is -2.31. The van der Waals surface area contributed by atoms with Crippen molar-refractivity contribution in [2.45, 2.75) is 38.8 Å². The number of rotatable bonds is 7. The van der Waals surface area contributed by atoms with Crippen LogP contribution in [0, 0.1) is 0 Å². The molecule has 36 heavy (non-hydrogen) atoms. The Morgan fingerprint density at radius 1 is 1.06 bits per heavy atom. The minimum atomic E-state index is -0.692. The van der Waals surface area contributed by atoms with Crippen LogP contribution in [-0.2, 0) is 16.1 Å². The van der Waals surface area contributed by atoms with Gasteiger partial charge in [-0.3, -0.25) is 9.59 Å². The number of carbonyl (C=O) groups is 2. The van der Waals surface area contributed by atoms with E-state index in [9.17, 15) is 14.7 Å². The van der Waals surface area contributed by atoms with E-state index in [-0.39, 0.29) is 11.3 Å². The molecule has 0 spiro atoms. The summed E-state index contributed by atoms with van der Waals surface area (Å²) in [4.78, 5) is 32.1. The molecule has 2 aliphatic rings. The number of nitrogens with zero attached hydrogens (tertiary/aromatic N) is 3. The third kappa shape index (κ3) is 4.46. The molecule has 1 aromatic heterocycles. The number of aliphatic hydroxyl groups is 1. The van der Waals surface area contributed by atoms with Crippen LogP contribution in [0.25, 0.3) is 5.76 Å². The number of aromatic nitrogens is 2. The Morgan fingerprint density at radius 3 is 2.50 bits per heavy atom. The van der Waals surface area contributed by atoms with Crippen molar-refractivity contribution < 1.29 is 24.2 Å². The van der Waals surface area contributed by atoms with E-state index in [0.29, 0.717) is 55.7 Å². The summed E-state index contributed by atoms with van der Waals surface area (Å²) < 4.78 is 13.2. The topological polar surface area (TPSA) is 93.9 Å². The van der Waals surface area contributed by atoms with Gasteiger partial charge in [0.15, 0.2) is 11.5 Å². The van der Waals surface area contributed by atoms with Crippen LogP contribution in [0.4, 0.5) is 0 Å². The molecule has 3 heterocycles. The summed E-state index contributed by atoms with van der Waals surface area (Å²) in [6.07, 6.45) is 5.92. The van der Waals surface area contributed by atoms with Gasteiger partial charge >= 0.3 is 0 Å². The Kier molecular flexibility index (Phi) is 6.50. The molecule has 1 saturated heterocycles. The first-order chi connectivity index (χ1) is 17.4. The molecule has 0 radical (unpaired) electrons. The zero-order valence-electron chi connectivity index (χ0n) is 20.4. The van der Waals surface area contributed by atoms with E-state index in [2.05, 4.69) is 18.8 Å². The van der Waals surface area contributed by atoms with Crippen molar-refractivity contribution in [2.24, 2.45) is 0 Å². The molecule has 2 aromatic carbocycles. The van der Waals surface area contributed by atoms with E-state index in [1.54, 1.807) is 35.6 Å². The molecule has 186 valence electrons. The summed E-state index contributed by atoms with van der Waals surface area (Å²) in [6.45, 7) is 6.09.